The largest absolute Gasteiger partial charge is 0.412 e. The molecule has 2 aliphatic rings. The number of hydrogen-bond acceptors (Lipinski definition) is 3. The quantitative estimate of drug-likeness (QED) is 0.586. The van der Waals surface area contributed by atoms with Crippen LogP contribution in [0.15, 0.2) is 41.6 Å². The molecule has 0 unspecified atom stereocenters. The van der Waals surface area contributed by atoms with Gasteiger partial charge in [-0.25, -0.2) is 8.78 Å². The van der Waals surface area contributed by atoms with E-state index in [1.54, 1.807) is 0 Å². The zero-order valence-electron chi connectivity index (χ0n) is 15.0. The van der Waals surface area contributed by atoms with Crippen molar-refractivity contribution in [2.24, 2.45) is 0 Å². The summed E-state index contributed by atoms with van der Waals surface area (Å²) in [6.07, 6.45) is -3.05. The molecule has 0 radical (unpaired) electrons. The molecule has 1 aliphatic carbocycles. The minimum atomic E-state index is -4.45. The maximum Gasteiger partial charge on any atom is 0.412 e. The van der Waals surface area contributed by atoms with Crippen molar-refractivity contribution >= 4 is 11.8 Å². The van der Waals surface area contributed by atoms with Crippen LogP contribution in [-0.2, 0) is 16.1 Å². The van der Waals surface area contributed by atoms with Gasteiger partial charge in [-0.3, -0.25) is 9.59 Å². The topological polar surface area (TPSA) is 69.6 Å². The van der Waals surface area contributed by atoms with Crippen molar-refractivity contribution in [2.75, 3.05) is 6.54 Å². The minimum Gasteiger partial charge on any atom is -0.372 e. The molecule has 1 fully saturated rings. The Morgan fingerprint density at radius 2 is 1.79 bits per heavy atom. The number of nitrogens with zero attached hydrogens (tertiary/aromatic N) is 1. The summed E-state index contributed by atoms with van der Waals surface area (Å²) in [7, 11) is 0. The molecule has 3 rings (SSSR count). The van der Waals surface area contributed by atoms with E-state index >= 15 is 0 Å². The number of allylic oxidation sites excluding steroid dienone is 4. The number of aliphatic hydroxyl groups is 1. The lowest BCUT2D eigenvalue weighted by atomic mass is 10.00. The highest BCUT2D eigenvalue weighted by molar-refractivity contribution is 6.10. The Morgan fingerprint density at radius 3 is 2.34 bits per heavy atom. The highest BCUT2D eigenvalue weighted by atomic mass is 19.4. The van der Waals surface area contributed by atoms with Crippen molar-refractivity contribution in [1.82, 2.24) is 10.2 Å². The predicted octanol–water partition coefficient (Wildman–Crippen LogP) is 2.71. The average molecular weight is 416 g/mol. The monoisotopic (exact) mass is 416 g/mol. The van der Waals surface area contributed by atoms with Gasteiger partial charge in [0.05, 0.1) is 0 Å². The van der Waals surface area contributed by atoms with Gasteiger partial charge in [-0.2, -0.15) is 13.2 Å². The van der Waals surface area contributed by atoms with Gasteiger partial charge in [-0.1, -0.05) is 6.08 Å². The van der Waals surface area contributed by atoms with Crippen LogP contribution in [0.1, 0.15) is 24.8 Å². The Morgan fingerprint density at radius 1 is 1.14 bits per heavy atom. The maximum atomic E-state index is 13.2. The highest BCUT2D eigenvalue weighted by Gasteiger charge is 2.52. The number of hydrogen-bond donors (Lipinski definition) is 2. The first-order valence-corrected chi connectivity index (χ1v) is 8.75. The van der Waals surface area contributed by atoms with E-state index in [0.29, 0.717) is 6.07 Å². The normalized spacial score (nSPS) is 22.4. The van der Waals surface area contributed by atoms with Crippen LogP contribution in [-0.4, -0.2) is 40.1 Å². The summed E-state index contributed by atoms with van der Waals surface area (Å²) in [5, 5.41) is 12.8. The van der Waals surface area contributed by atoms with E-state index in [1.165, 1.54) is 0 Å². The van der Waals surface area contributed by atoms with Gasteiger partial charge < -0.3 is 15.3 Å². The van der Waals surface area contributed by atoms with Crippen LogP contribution >= 0.6 is 0 Å². The summed E-state index contributed by atoms with van der Waals surface area (Å²) in [5.41, 5.74) is -2.75. The summed E-state index contributed by atoms with van der Waals surface area (Å²) in [5.74, 6) is -3.67. The molecule has 1 aromatic rings. The van der Waals surface area contributed by atoms with Gasteiger partial charge in [0, 0.05) is 36.8 Å². The zero-order valence-corrected chi connectivity index (χ0v) is 15.0. The zero-order chi connectivity index (χ0) is 21.4. The second-order valence-corrected chi connectivity index (χ2v) is 6.88. The molecule has 156 valence electrons. The number of alkyl halides is 3. The Balaban J connectivity index is 1.68. The summed E-state index contributed by atoms with van der Waals surface area (Å²) in [4.78, 5) is 26.0. The number of rotatable bonds is 4. The highest BCUT2D eigenvalue weighted by Crippen LogP contribution is 2.36. The van der Waals surface area contributed by atoms with Crippen molar-refractivity contribution in [3.8, 4) is 0 Å². The van der Waals surface area contributed by atoms with Gasteiger partial charge in [0.1, 0.15) is 11.6 Å². The van der Waals surface area contributed by atoms with Crippen LogP contribution in [0.3, 0.4) is 0 Å². The number of halogens is 5. The van der Waals surface area contributed by atoms with Crippen molar-refractivity contribution in [3.05, 3.63) is 58.8 Å². The summed E-state index contributed by atoms with van der Waals surface area (Å²) >= 11 is 0. The minimum absolute atomic E-state index is 0.0433. The molecule has 1 atom stereocenters. The lowest BCUT2D eigenvalue weighted by Crippen LogP contribution is -2.52. The molecule has 1 aliphatic heterocycles. The Labute approximate surface area is 162 Å². The van der Waals surface area contributed by atoms with Gasteiger partial charge in [-0.15, -0.1) is 0 Å². The van der Waals surface area contributed by atoms with E-state index in [1.807, 2.05) is 0 Å². The maximum absolute atomic E-state index is 13.2. The first kappa shape index (κ1) is 21.0. The van der Waals surface area contributed by atoms with Gasteiger partial charge >= 0.3 is 6.18 Å². The Kier molecular flexibility index (Phi) is 5.48. The second-order valence-electron chi connectivity index (χ2n) is 6.88. The number of benzene rings is 1. The van der Waals surface area contributed by atoms with Crippen LogP contribution in [0.25, 0.3) is 0 Å². The number of amides is 2. The van der Waals surface area contributed by atoms with E-state index in [4.69, 9.17) is 0 Å². The molecular formula is C19H17F5N2O3. The number of likely N-dealkylation sites (tertiary alicyclic amines) is 1. The van der Waals surface area contributed by atoms with E-state index in [-0.39, 0.29) is 43.6 Å². The molecule has 5 nitrogen and oxygen atoms in total. The number of carbonyl (C=O) groups is 2. The Hall–Kier alpha value is -2.75. The second kappa shape index (κ2) is 7.58. The van der Waals surface area contributed by atoms with Crippen LogP contribution in [0.5, 0.6) is 0 Å². The van der Waals surface area contributed by atoms with E-state index in [2.05, 4.69) is 5.32 Å². The number of nitrogens with one attached hydrogen (secondary N) is 1. The van der Waals surface area contributed by atoms with Crippen LogP contribution in [0.2, 0.25) is 0 Å². The summed E-state index contributed by atoms with van der Waals surface area (Å²) in [6.45, 7) is -0.359. The summed E-state index contributed by atoms with van der Waals surface area (Å²) in [6, 6.07) is 2.65. The third kappa shape index (κ3) is 4.31. The lowest BCUT2D eigenvalue weighted by Gasteiger charge is -2.26. The molecule has 2 N–H and O–H groups in total. The third-order valence-corrected chi connectivity index (χ3v) is 4.89. The third-order valence-electron chi connectivity index (χ3n) is 4.89. The standard InChI is InChI=1S/C19H17F5N2O3/c20-13-7-11(8-14(21)9-13)10-25-16(27)18(29)5-6-26(17(18)28)15-3-1-12(2-4-15)19(22,23)24/h1,3,7-9,29H,2,4-6,10H2,(H,25,27)/t18-/m0/s1. The van der Waals surface area contributed by atoms with Crippen LogP contribution in [0.4, 0.5) is 22.0 Å². The molecular weight excluding hydrogens is 399 g/mol. The fraction of sp³-hybridized carbons (Fsp3) is 0.368. The van der Waals surface area contributed by atoms with E-state index in [0.717, 1.165) is 29.2 Å². The average Bonchev–Trinajstić information content (AvgIpc) is 2.94. The molecule has 0 spiro atoms. The van der Waals surface area contributed by atoms with Crippen LogP contribution in [0, 0.1) is 11.6 Å². The van der Waals surface area contributed by atoms with Crippen molar-refractivity contribution < 1.29 is 36.6 Å². The Bertz CT molecular complexity index is 889. The van der Waals surface area contributed by atoms with Gasteiger partial charge in [-0.05, 0) is 36.6 Å². The fourth-order valence-electron chi connectivity index (χ4n) is 3.32. The van der Waals surface area contributed by atoms with Crippen molar-refractivity contribution in [3.63, 3.8) is 0 Å². The van der Waals surface area contributed by atoms with Gasteiger partial charge in [0.2, 0.25) is 5.60 Å². The first-order chi connectivity index (χ1) is 13.5. The van der Waals surface area contributed by atoms with E-state index < -0.39 is 40.8 Å². The first-order valence-electron chi connectivity index (χ1n) is 8.75. The van der Waals surface area contributed by atoms with Gasteiger partial charge in [0.15, 0.2) is 0 Å². The fourth-order valence-corrected chi connectivity index (χ4v) is 3.32. The molecule has 0 aromatic heterocycles. The van der Waals surface area contributed by atoms with E-state index in [9.17, 15) is 36.6 Å². The number of carbonyl (C=O) groups excluding carboxylic acids is 2. The molecule has 1 saturated heterocycles. The lowest BCUT2D eigenvalue weighted by molar-refractivity contribution is -0.153. The smallest absolute Gasteiger partial charge is 0.372 e. The van der Waals surface area contributed by atoms with Gasteiger partial charge in [0.25, 0.3) is 11.8 Å². The molecule has 1 aromatic carbocycles. The van der Waals surface area contributed by atoms with Crippen LogP contribution < -0.4 is 5.32 Å². The molecule has 29 heavy (non-hydrogen) atoms. The van der Waals surface area contributed by atoms with Crippen molar-refractivity contribution in [1.29, 1.82) is 0 Å². The van der Waals surface area contributed by atoms with Crippen molar-refractivity contribution in [2.45, 2.75) is 37.6 Å². The predicted molar refractivity (Wildman–Crippen MR) is 90.9 cm³/mol. The molecule has 1 heterocycles. The summed E-state index contributed by atoms with van der Waals surface area (Å²) < 4.78 is 64.5. The SMILES string of the molecule is O=C(NCc1cc(F)cc(F)c1)[C@@]1(O)CCN(C2=CC=C(C(F)(F)F)CC2)C1=O. The molecule has 0 bridgehead atoms. The molecule has 2 amide bonds. The molecule has 0 saturated carbocycles. The molecule has 10 heteroatoms.